The molecule has 2 heterocycles. The van der Waals surface area contributed by atoms with Crippen molar-refractivity contribution in [1.29, 1.82) is 0 Å². The van der Waals surface area contributed by atoms with Crippen molar-refractivity contribution >= 4 is 11.5 Å². The Morgan fingerprint density at radius 3 is 2.44 bits per heavy atom. The van der Waals surface area contributed by atoms with Crippen molar-refractivity contribution in [1.82, 2.24) is 9.47 Å². The number of amides is 1. The van der Waals surface area contributed by atoms with Crippen LogP contribution < -0.4 is 0 Å². The number of carbonyl (C=O) groups excluding carboxylic acids is 1. The van der Waals surface area contributed by atoms with E-state index in [0.29, 0.717) is 25.3 Å². The molecule has 1 aliphatic rings. The Kier molecular flexibility index (Phi) is 4.88. The lowest BCUT2D eigenvalue weighted by Gasteiger charge is -2.27. The molecule has 0 spiro atoms. The summed E-state index contributed by atoms with van der Waals surface area (Å²) >= 11 is 0. The molecule has 136 valence electrons. The molecule has 0 atom stereocenters. The average Bonchev–Trinajstić information content (AvgIpc) is 3.17. The van der Waals surface area contributed by atoms with Crippen molar-refractivity contribution in [2.24, 2.45) is 0 Å². The molecule has 0 N–H and O–H groups in total. The highest BCUT2D eigenvalue weighted by atomic mass is 19.1. The Morgan fingerprint density at radius 2 is 1.74 bits per heavy atom. The predicted octanol–water partition coefficient (Wildman–Crippen LogP) is 4.61. The molecule has 0 saturated heterocycles. The van der Waals surface area contributed by atoms with Crippen molar-refractivity contribution in [2.45, 2.75) is 13.0 Å². The standard InChI is InChI=1S/C23H21FN2O/c24-21-10-8-19(9-11-21)20-12-15-25(16-13-20)23(27)22-7-4-14-26(22)17-18-5-2-1-3-6-18/h1-12,14H,13,15-17H2. The highest BCUT2D eigenvalue weighted by Gasteiger charge is 2.21. The lowest BCUT2D eigenvalue weighted by molar-refractivity contribution is 0.0762. The van der Waals surface area contributed by atoms with Crippen LogP contribution in [0.1, 0.15) is 28.0 Å². The summed E-state index contributed by atoms with van der Waals surface area (Å²) in [6.45, 7) is 1.92. The molecule has 3 aromatic rings. The minimum absolute atomic E-state index is 0.0466. The smallest absolute Gasteiger partial charge is 0.270 e. The number of benzene rings is 2. The van der Waals surface area contributed by atoms with Crippen LogP contribution >= 0.6 is 0 Å². The Balaban J connectivity index is 1.47. The second-order valence-corrected chi connectivity index (χ2v) is 6.74. The molecule has 0 radical (unpaired) electrons. The highest BCUT2D eigenvalue weighted by molar-refractivity contribution is 5.93. The first kappa shape index (κ1) is 17.3. The summed E-state index contributed by atoms with van der Waals surface area (Å²) in [5.41, 5.74) is 4.06. The van der Waals surface area contributed by atoms with Gasteiger partial charge in [0.05, 0.1) is 0 Å². The van der Waals surface area contributed by atoms with Gasteiger partial charge in [-0.2, -0.15) is 0 Å². The number of rotatable bonds is 4. The first-order chi connectivity index (χ1) is 13.2. The molecule has 2 aromatic carbocycles. The second-order valence-electron chi connectivity index (χ2n) is 6.74. The number of halogens is 1. The Hall–Kier alpha value is -3.14. The molecule has 0 saturated carbocycles. The fraction of sp³-hybridized carbons (Fsp3) is 0.174. The van der Waals surface area contributed by atoms with Gasteiger partial charge in [0.1, 0.15) is 11.5 Å². The van der Waals surface area contributed by atoms with Gasteiger partial charge in [-0.05, 0) is 47.4 Å². The van der Waals surface area contributed by atoms with Crippen molar-refractivity contribution in [3.8, 4) is 0 Å². The van der Waals surface area contributed by atoms with Crippen LogP contribution in [0.3, 0.4) is 0 Å². The van der Waals surface area contributed by atoms with Crippen LogP contribution in [0.2, 0.25) is 0 Å². The number of hydrogen-bond donors (Lipinski definition) is 0. The average molecular weight is 360 g/mol. The monoisotopic (exact) mass is 360 g/mol. The largest absolute Gasteiger partial charge is 0.339 e. The summed E-state index contributed by atoms with van der Waals surface area (Å²) in [6, 6.07) is 20.5. The van der Waals surface area contributed by atoms with Gasteiger partial charge in [-0.1, -0.05) is 48.5 Å². The SMILES string of the molecule is O=C(c1cccn1Cc1ccccc1)N1CC=C(c2ccc(F)cc2)CC1. The molecule has 0 unspecified atom stereocenters. The molecule has 4 rings (SSSR count). The number of aromatic nitrogens is 1. The minimum atomic E-state index is -0.230. The Labute approximate surface area is 158 Å². The highest BCUT2D eigenvalue weighted by Crippen LogP contribution is 2.23. The van der Waals surface area contributed by atoms with Crippen LogP contribution in [0.15, 0.2) is 79.0 Å². The first-order valence-corrected chi connectivity index (χ1v) is 9.14. The molecule has 1 aliphatic heterocycles. The van der Waals surface area contributed by atoms with Gasteiger partial charge < -0.3 is 9.47 Å². The van der Waals surface area contributed by atoms with E-state index in [1.165, 1.54) is 23.3 Å². The van der Waals surface area contributed by atoms with E-state index in [4.69, 9.17) is 0 Å². The summed E-state index contributed by atoms with van der Waals surface area (Å²) in [4.78, 5) is 14.9. The molecular weight excluding hydrogens is 339 g/mol. The lowest BCUT2D eigenvalue weighted by atomic mass is 9.99. The van der Waals surface area contributed by atoms with Gasteiger partial charge >= 0.3 is 0 Å². The quantitative estimate of drug-likeness (QED) is 0.667. The maximum atomic E-state index is 13.1. The fourth-order valence-corrected chi connectivity index (χ4v) is 3.47. The molecule has 27 heavy (non-hydrogen) atoms. The molecule has 0 aliphatic carbocycles. The van der Waals surface area contributed by atoms with Crippen LogP contribution in [-0.4, -0.2) is 28.5 Å². The van der Waals surface area contributed by atoms with E-state index in [1.807, 2.05) is 46.0 Å². The molecule has 1 aromatic heterocycles. The van der Waals surface area contributed by atoms with Crippen molar-refractivity contribution in [3.63, 3.8) is 0 Å². The molecule has 0 fully saturated rings. The van der Waals surface area contributed by atoms with Crippen LogP contribution in [-0.2, 0) is 6.54 Å². The normalized spacial score (nSPS) is 14.1. The number of hydrogen-bond acceptors (Lipinski definition) is 1. The van der Waals surface area contributed by atoms with Crippen LogP contribution in [0.5, 0.6) is 0 Å². The molecule has 0 bridgehead atoms. The second kappa shape index (κ2) is 7.62. The third-order valence-electron chi connectivity index (χ3n) is 4.96. The van der Waals surface area contributed by atoms with Crippen LogP contribution in [0, 0.1) is 5.82 Å². The molecule has 4 heteroatoms. The third-order valence-corrected chi connectivity index (χ3v) is 4.96. The lowest BCUT2D eigenvalue weighted by Crippen LogP contribution is -2.35. The van der Waals surface area contributed by atoms with Gasteiger partial charge in [-0.15, -0.1) is 0 Å². The van der Waals surface area contributed by atoms with Gasteiger partial charge in [0.2, 0.25) is 0 Å². The summed E-state index contributed by atoms with van der Waals surface area (Å²) in [7, 11) is 0. The summed E-state index contributed by atoms with van der Waals surface area (Å²) in [5.74, 6) is -0.184. The topological polar surface area (TPSA) is 25.2 Å². The van der Waals surface area contributed by atoms with Crippen LogP contribution in [0.25, 0.3) is 5.57 Å². The van der Waals surface area contributed by atoms with Gasteiger partial charge in [0.25, 0.3) is 5.91 Å². The van der Waals surface area contributed by atoms with Crippen molar-refractivity contribution < 1.29 is 9.18 Å². The van der Waals surface area contributed by atoms with E-state index in [-0.39, 0.29) is 11.7 Å². The predicted molar refractivity (Wildman–Crippen MR) is 105 cm³/mol. The minimum Gasteiger partial charge on any atom is -0.339 e. The third kappa shape index (κ3) is 3.85. The first-order valence-electron chi connectivity index (χ1n) is 9.14. The Morgan fingerprint density at radius 1 is 0.963 bits per heavy atom. The maximum absolute atomic E-state index is 13.1. The summed E-state index contributed by atoms with van der Waals surface area (Å²) in [6.07, 6.45) is 4.79. The van der Waals surface area contributed by atoms with Crippen molar-refractivity contribution in [2.75, 3.05) is 13.1 Å². The van der Waals surface area contributed by atoms with E-state index in [1.54, 1.807) is 12.1 Å². The van der Waals surface area contributed by atoms with E-state index < -0.39 is 0 Å². The number of nitrogens with zero attached hydrogens (tertiary/aromatic N) is 2. The van der Waals surface area contributed by atoms with E-state index in [2.05, 4.69) is 18.2 Å². The van der Waals surface area contributed by atoms with E-state index in [0.717, 1.165) is 12.0 Å². The van der Waals surface area contributed by atoms with Gasteiger partial charge in [0.15, 0.2) is 0 Å². The number of carbonyl (C=O) groups is 1. The maximum Gasteiger partial charge on any atom is 0.270 e. The van der Waals surface area contributed by atoms with Crippen LogP contribution in [0.4, 0.5) is 4.39 Å². The zero-order valence-corrected chi connectivity index (χ0v) is 15.0. The van der Waals surface area contributed by atoms with Gasteiger partial charge in [-0.3, -0.25) is 4.79 Å². The zero-order chi connectivity index (χ0) is 18.6. The fourth-order valence-electron chi connectivity index (χ4n) is 3.47. The summed E-state index contributed by atoms with van der Waals surface area (Å²) in [5, 5.41) is 0. The molecular formula is C23H21FN2O. The molecule has 3 nitrogen and oxygen atoms in total. The van der Waals surface area contributed by atoms with Gasteiger partial charge in [0, 0.05) is 25.8 Å². The van der Waals surface area contributed by atoms with E-state index in [9.17, 15) is 9.18 Å². The summed E-state index contributed by atoms with van der Waals surface area (Å²) < 4.78 is 15.1. The van der Waals surface area contributed by atoms with Gasteiger partial charge in [-0.25, -0.2) is 4.39 Å². The zero-order valence-electron chi connectivity index (χ0n) is 15.0. The Bertz CT molecular complexity index is 958. The van der Waals surface area contributed by atoms with Crippen molar-refractivity contribution in [3.05, 3.63) is 102 Å². The molecule has 1 amide bonds. The van der Waals surface area contributed by atoms with E-state index >= 15 is 0 Å².